The van der Waals surface area contributed by atoms with Gasteiger partial charge >= 0.3 is 0 Å². The highest BCUT2D eigenvalue weighted by Crippen LogP contribution is 2.22. The van der Waals surface area contributed by atoms with Crippen molar-refractivity contribution in [2.45, 2.75) is 6.92 Å². The first kappa shape index (κ1) is 17.6. The van der Waals surface area contributed by atoms with E-state index in [2.05, 4.69) is 15.4 Å². The van der Waals surface area contributed by atoms with Crippen LogP contribution in [0.25, 0.3) is 17.1 Å². The Morgan fingerprint density at radius 2 is 1.64 bits per heavy atom. The van der Waals surface area contributed by atoms with Gasteiger partial charge in [0.25, 0.3) is 5.91 Å². The Kier molecular flexibility index (Phi) is 4.68. The lowest BCUT2D eigenvalue weighted by Crippen LogP contribution is -2.15. The summed E-state index contributed by atoms with van der Waals surface area (Å²) in [5.41, 5.74) is 2.76. The first-order valence-corrected chi connectivity index (χ1v) is 8.77. The zero-order valence-corrected chi connectivity index (χ0v) is 15.1. The van der Waals surface area contributed by atoms with Crippen LogP contribution in [0.15, 0.2) is 78.9 Å². The molecular formula is C22H17FN4O. The van der Waals surface area contributed by atoms with E-state index in [0.29, 0.717) is 11.5 Å². The van der Waals surface area contributed by atoms with Gasteiger partial charge in [0.1, 0.15) is 5.82 Å². The van der Waals surface area contributed by atoms with Crippen LogP contribution in [-0.4, -0.2) is 20.7 Å². The molecule has 0 aliphatic heterocycles. The molecule has 0 radical (unpaired) electrons. The predicted octanol–water partition coefficient (Wildman–Crippen LogP) is 4.63. The molecule has 0 saturated carbocycles. The number of hydrogen-bond acceptors (Lipinski definition) is 3. The van der Waals surface area contributed by atoms with Crippen molar-refractivity contribution in [3.8, 4) is 17.1 Å². The molecule has 0 fully saturated rings. The zero-order valence-electron chi connectivity index (χ0n) is 15.1. The second-order valence-electron chi connectivity index (χ2n) is 6.29. The average molecular weight is 372 g/mol. The number of para-hydroxylation sites is 1. The van der Waals surface area contributed by atoms with E-state index in [-0.39, 0.29) is 5.82 Å². The van der Waals surface area contributed by atoms with Gasteiger partial charge in [0, 0.05) is 11.3 Å². The molecule has 3 aromatic carbocycles. The molecule has 0 aliphatic carbocycles. The van der Waals surface area contributed by atoms with Crippen LogP contribution in [0.4, 0.5) is 10.1 Å². The van der Waals surface area contributed by atoms with Gasteiger partial charge in [-0.2, -0.15) is 0 Å². The molecule has 5 nitrogen and oxygen atoms in total. The molecule has 1 amide bonds. The van der Waals surface area contributed by atoms with E-state index in [9.17, 15) is 9.18 Å². The van der Waals surface area contributed by atoms with Gasteiger partial charge in [-0.15, -0.1) is 5.10 Å². The van der Waals surface area contributed by atoms with Gasteiger partial charge in [0.15, 0.2) is 5.82 Å². The van der Waals surface area contributed by atoms with Gasteiger partial charge in [0.2, 0.25) is 5.82 Å². The third-order valence-electron chi connectivity index (χ3n) is 4.29. The second kappa shape index (κ2) is 7.44. The summed E-state index contributed by atoms with van der Waals surface area (Å²) in [5, 5.41) is 7.10. The third kappa shape index (κ3) is 3.53. The van der Waals surface area contributed by atoms with E-state index < -0.39 is 11.7 Å². The number of anilines is 1. The van der Waals surface area contributed by atoms with E-state index >= 15 is 0 Å². The molecule has 4 rings (SSSR count). The summed E-state index contributed by atoms with van der Waals surface area (Å²) in [6.07, 6.45) is 0. The first-order chi connectivity index (χ1) is 13.6. The Hall–Kier alpha value is -3.80. The Bertz CT molecular complexity index is 1070. The van der Waals surface area contributed by atoms with Crippen LogP contribution < -0.4 is 5.32 Å². The van der Waals surface area contributed by atoms with Gasteiger partial charge in [-0.05, 0) is 36.8 Å². The van der Waals surface area contributed by atoms with E-state index in [1.165, 1.54) is 12.1 Å². The molecule has 0 atom stereocenters. The lowest BCUT2D eigenvalue weighted by Gasteiger charge is -2.06. The topological polar surface area (TPSA) is 59.8 Å². The van der Waals surface area contributed by atoms with E-state index in [1.807, 2.05) is 60.7 Å². The minimum absolute atomic E-state index is 0.00590. The van der Waals surface area contributed by atoms with Gasteiger partial charge in [-0.3, -0.25) is 4.79 Å². The largest absolute Gasteiger partial charge is 0.319 e. The predicted molar refractivity (Wildman–Crippen MR) is 106 cm³/mol. The number of carbonyl (C=O) groups is 1. The summed E-state index contributed by atoms with van der Waals surface area (Å²) in [5.74, 6) is -0.367. The van der Waals surface area contributed by atoms with E-state index in [0.717, 1.165) is 16.8 Å². The second-order valence-corrected chi connectivity index (χ2v) is 6.29. The number of benzene rings is 3. The SMILES string of the molecule is Cc1ccc(F)cc1NC(=O)c1nc(-c2ccccc2)n(-c2ccccc2)n1. The van der Waals surface area contributed by atoms with Gasteiger partial charge in [-0.25, -0.2) is 14.1 Å². The maximum Gasteiger partial charge on any atom is 0.295 e. The van der Waals surface area contributed by atoms with Crippen molar-refractivity contribution in [1.82, 2.24) is 14.8 Å². The zero-order chi connectivity index (χ0) is 19.5. The van der Waals surface area contributed by atoms with Gasteiger partial charge in [0.05, 0.1) is 5.69 Å². The normalized spacial score (nSPS) is 10.6. The monoisotopic (exact) mass is 372 g/mol. The molecule has 4 aromatic rings. The molecule has 1 heterocycles. The molecular weight excluding hydrogens is 355 g/mol. The van der Waals surface area contributed by atoms with Crippen LogP contribution in [0, 0.1) is 12.7 Å². The number of amides is 1. The van der Waals surface area contributed by atoms with Crippen LogP contribution in [0.3, 0.4) is 0 Å². The number of rotatable bonds is 4. The number of halogens is 1. The Labute approximate surface area is 161 Å². The molecule has 0 spiro atoms. The van der Waals surface area contributed by atoms with Crippen LogP contribution in [-0.2, 0) is 0 Å². The maximum atomic E-state index is 13.5. The van der Waals surface area contributed by atoms with Crippen molar-refractivity contribution >= 4 is 11.6 Å². The highest BCUT2D eigenvalue weighted by Gasteiger charge is 2.19. The summed E-state index contributed by atoms with van der Waals surface area (Å²) in [6, 6.07) is 23.2. The average Bonchev–Trinajstić information content (AvgIpc) is 3.18. The summed E-state index contributed by atoms with van der Waals surface area (Å²) in [7, 11) is 0. The lowest BCUT2D eigenvalue weighted by molar-refractivity contribution is 0.101. The van der Waals surface area contributed by atoms with Crippen LogP contribution in [0.2, 0.25) is 0 Å². The highest BCUT2D eigenvalue weighted by molar-refractivity contribution is 6.02. The quantitative estimate of drug-likeness (QED) is 0.568. The van der Waals surface area contributed by atoms with Crippen molar-refractivity contribution < 1.29 is 9.18 Å². The fourth-order valence-electron chi connectivity index (χ4n) is 2.84. The number of aryl methyl sites for hydroxylation is 1. The number of aromatic nitrogens is 3. The molecule has 0 aliphatic rings. The van der Waals surface area contributed by atoms with Crippen molar-refractivity contribution in [3.05, 3.63) is 96.1 Å². The van der Waals surface area contributed by atoms with Gasteiger partial charge in [-0.1, -0.05) is 54.6 Å². The minimum Gasteiger partial charge on any atom is -0.319 e. The van der Waals surface area contributed by atoms with E-state index in [1.54, 1.807) is 17.7 Å². The van der Waals surface area contributed by atoms with Crippen LogP contribution in [0.5, 0.6) is 0 Å². The molecule has 6 heteroatoms. The Balaban J connectivity index is 1.75. The van der Waals surface area contributed by atoms with Crippen molar-refractivity contribution in [2.75, 3.05) is 5.32 Å². The summed E-state index contributed by atoms with van der Waals surface area (Å²) in [6.45, 7) is 1.79. The van der Waals surface area contributed by atoms with Crippen LogP contribution in [0.1, 0.15) is 16.2 Å². The molecule has 0 unspecified atom stereocenters. The number of carbonyl (C=O) groups excluding carboxylic acids is 1. The molecule has 28 heavy (non-hydrogen) atoms. The van der Waals surface area contributed by atoms with Gasteiger partial charge < -0.3 is 5.32 Å². The Morgan fingerprint density at radius 3 is 2.36 bits per heavy atom. The lowest BCUT2D eigenvalue weighted by atomic mass is 10.2. The first-order valence-electron chi connectivity index (χ1n) is 8.77. The fraction of sp³-hybridized carbons (Fsp3) is 0.0455. The van der Waals surface area contributed by atoms with Crippen molar-refractivity contribution in [1.29, 1.82) is 0 Å². The van der Waals surface area contributed by atoms with Crippen LogP contribution >= 0.6 is 0 Å². The molecule has 0 saturated heterocycles. The fourth-order valence-corrected chi connectivity index (χ4v) is 2.84. The molecule has 0 bridgehead atoms. The minimum atomic E-state index is -0.499. The number of nitrogens with one attached hydrogen (secondary N) is 1. The van der Waals surface area contributed by atoms with Crippen molar-refractivity contribution in [3.63, 3.8) is 0 Å². The van der Waals surface area contributed by atoms with E-state index in [4.69, 9.17) is 0 Å². The number of nitrogens with zero attached hydrogens (tertiary/aromatic N) is 3. The maximum absolute atomic E-state index is 13.5. The standard InChI is InChI=1S/C22H17FN4O/c1-15-12-13-17(23)14-19(15)24-22(28)20-25-21(16-8-4-2-5-9-16)27(26-20)18-10-6-3-7-11-18/h2-14H,1H3,(H,24,28). The number of hydrogen-bond donors (Lipinski definition) is 1. The summed E-state index contributed by atoms with van der Waals surface area (Å²) in [4.78, 5) is 17.2. The molecule has 1 aromatic heterocycles. The smallest absolute Gasteiger partial charge is 0.295 e. The highest BCUT2D eigenvalue weighted by atomic mass is 19.1. The molecule has 1 N–H and O–H groups in total. The summed E-state index contributed by atoms with van der Waals surface area (Å²) < 4.78 is 15.2. The Morgan fingerprint density at radius 1 is 0.964 bits per heavy atom. The third-order valence-corrected chi connectivity index (χ3v) is 4.29. The molecule has 138 valence electrons. The van der Waals surface area contributed by atoms with Crippen molar-refractivity contribution in [2.24, 2.45) is 0 Å². The summed E-state index contributed by atoms with van der Waals surface area (Å²) >= 11 is 0.